The van der Waals surface area contributed by atoms with E-state index in [0.717, 1.165) is 25.0 Å². The van der Waals surface area contributed by atoms with E-state index in [1.54, 1.807) is 0 Å². The SMILES string of the molecule is CC.CC.COOOC1=C(NI)CCCC2OC(C)(C)OC12. The molecule has 2 atom stereocenters. The standard InChI is InChI=1S/C11H18INO5.2C2H6/c1-11(2)15-8-6-4-5-7(13-12)9(10(8)16-11)17-18-14-3;2*1-2/h8,10,13H,4-6H2,1-3H3;2*1-2H3. The van der Waals surface area contributed by atoms with Gasteiger partial charge in [0.05, 0.1) is 41.8 Å². The lowest BCUT2D eigenvalue weighted by atomic mass is 10.1. The highest BCUT2D eigenvalue weighted by atomic mass is 127. The number of hydrogen-bond acceptors (Lipinski definition) is 6. The summed E-state index contributed by atoms with van der Waals surface area (Å²) >= 11 is 2.07. The molecule has 0 aromatic heterocycles. The molecule has 22 heavy (non-hydrogen) atoms. The molecule has 1 heterocycles. The molecule has 0 aromatic carbocycles. The van der Waals surface area contributed by atoms with Gasteiger partial charge in [0.25, 0.3) is 0 Å². The maximum Gasteiger partial charge on any atom is 0.196 e. The minimum Gasteiger partial charge on any atom is -0.344 e. The largest absolute Gasteiger partial charge is 0.344 e. The van der Waals surface area contributed by atoms with Gasteiger partial charge in [-0.15, -0.1) is 0 Å². The van der Waals surface area contributed by atoms with Gasteiger partial charge in [-0.05, 0) is 38.1 Å². The number of nitrogens with one attached hydrogen (secondary N) is 1. The molecule has 132 valence electrons. The quantitative estimate of drug-likeness (QED) is 0.308. The summed E-state index contributed by atoms with van der Waals surface area (Å²) in [7, 11) is 1.39. The Kier molecular flexibility index (Phi) is 11.4. The first-order valence-corrected chi connectivity index (χ1v) is 8.98. The second-order valence-corrected chi connectivity index (χ2v) is 5.28. The van der Waals surface area contributed by atoms with Gasteiger partial charge in [0.2, 0.25) is 0 Å². The third-order valence-electron chi connectivity index (χ3n) is 2.96. The van der Waals surface area contributed by atoms with Gasteiger partial charge in [-0.2, -0.15) is 4.89 Å². The molecular formula is C15H30INO5. The highest BCUT2D eigenvalue weighted by Crippen LogP contribution is 2.38. The van der Waals surface area contributed by atoms with Crippen LogP contribution in [0.3, 0.4) is 0 Å². The van der Waals surface area contributed by atoms with Crippen molar-refractivity contribution in [1.82, 2.24) is 3.53 Å². The van der Waals surface area contributed by atoms with Gasteiger partial charge in [0, 0.05) is 0 Å². The predicted octanol–water partition coefficient (Wildman–Crippen LogP) is 4.40. The summed E-state index contributed by atoms with van der Waals surface area (Å²) in [5.74, 6) is -0.00981. The summed E-state index contributed by atoms with van der Waals surface area (Å²) in [6.07, 6.45) is 2.51. The molecule has 1 aliphatic carbocycles. The number of fused-ring (bicyclic) bond motifs is 1. The zero-order valence-electron chi connectivity index (χ0n) is 14.7. The molecule has 0 saturated carbocycles. The van der Waals surface area contributed by atoms with Gasteiger partial charge >= 0.3 is 0 Å². The van der Waals surface area contributed by atoms with Gasteiger partial charge in [-0.1, -0.05) is 27.7 Å². The average molecular weight is 431 g/mol. The van der Waals surface area contributed by atoms with E-state index in [1.807, 2.05) is 41.5 Å². The molecule has 0 aromatic rings. The zero-order valence-corrected chi connectivity index (χ0v) is 16.9. The number of allylic oxidation sites excluding steroid dienone is 1. The molecule has 0 amide bonds. The van der Waals surface area contributed by atoms with Crippen molar-refractivity contribution in [3.05, 3.63) is 11.5 Å². The van der Waals surface area contributed by atoms with Crippen molar-refractivity contribution in [3.8, 4) is 0 Å². The summed E-state index contributed by atoms with van der Waals surface area (Å²) in [5.41, 5.74) is 0.946. The average Bonchev–Trinajstić information content (AvgIpc) is 2.75. The van der Waals surface area contributed by atoms with Crippen molar-refractivity contribution < 1.29 is 24.3 Å². The van der Waals surface area contributed by atoms with Crippen LogP contribution in [0.2, 0.25) is 0 Å². The molecule has 7 heteroatoms. The molecule has 6 nitrogen and oxygen atoms in total. The van der Waals surface area contributed by atoms with E-state index in [1.165, 1.54) is 7.11 Å². The van der Waals surface area contributed by atoms with Gasteiger partial charge < -0.3 is 17.9 Å². The van der Waals surface area contributed by atoms with Crippen LogP contribution in [0.4, 0.5) is 0 Å². The second kappa shape index (κ2) is 11.4. The molecule has 0 bridgehead atoms. The highest BCUT2D eigenvalue weighted by molar-refractivity contribution is 14.1. The van der Waals surface area contributed by atoms with E-state index in [2.05, 4.69) is 36.3 Å². The smallest absolute Gasteiger partial charge is 0.196 e. The fourth-order valence-corrected chi connectivity index (χ4v) is 2.84. The first-order valence-electron chi connectivity index (χ1n) is 7.90. The van der Waals surface area contributed by atoms with Gasteiger partial charge in [-0.25, -0.2) is 0 Å². The Balaban J connectivity index is 0.00000102. The Morgan fingerprint density at radius 2 is 1.82 bits per heavy atom. The van der Waals surface area contributed by atoms with Gasteiger partial charge in [0.1, 0.15) is 0 Å². The lowest BCUT2D eigenvalue weighted by molar-refractivity contribution is -0.488. The lowest BCUT2D eigenvalue weighted by Gasteiger charge is -2.19. The number of hydrogen-bond donors (Lipinski definition) is 1. The Bertz CT molecular complexity index is 336. The molecule has 2 aliphatic rings. The maximum atomic E-state index is 5.89. The van der Waals surface area contributed by atoms with Crippen LogP contribution < -0.4 is 3.53 Å². The molecule has 0 spiro atoms. The van der Waals surface area contributed by atoms with Gasteiger partial charge in [-0.3, -0.25) is 0 Å². The van der Waals surface area contributed by atoms with Crippen LogP contribution in [0.25, 0.3) is 0 Å². The topological polar surface area (TPSA) is 58.2 Å². The van der Waals surface area contributed by atoms with Crippen molar-refractivity contribution in [1.29, 1.82) is 0 Å². The third kappa shape index (κ3) is 6.19. The van der Waals surface area contributed by atoms with Crippen LogP contribution >= 0.6 is 22.9 Å². The summed E-state index contributed by atoms with van der Waals surface area (Å²) in [4.78, 5) is 9.70. The minimum atomic E-state index is -0.606. The Morgan fingerprint density at radius 3 is 2.36 bits per heavy atom. The van der Waals surface area contributed by atoms with E-state index in [9.17, 15) is 0 Å². The Morgan fingerprint density at radius 1 is 1.18 bits per heavy atom. The molecular weight excluding hydrogens is 401 g/mol. The Labute approximate surface area is 148 Å². The van der Waals surface area contributed by atoms with E-state index in [0.29, 0.717) is 5.76 Å². The molecule has 1 N–H and O–H groups in total. The van der Waals surface area contributed by atoms with E-state index >= 15 is 0 Å². The fourth-order valence-electron chi connectivity index (χ4n) is 2.31. The normalized spacial score (nSPS) is 25.8. The number of rotatable bonds is 4. The summed E-state index contributed by atoms with van der Waals surface area (Å²) < 4.78 is 14.9. The monoisotopic (exact) mass is 431 g/mol. The Hall–Kier alpha value is -0.0900. The number of halogens is 1. The van der Waals surface area contributed by atoms with Crippen molar-refractivity contribution in [2.24, 2.45) is 0 Å². The fraction of sp³-hybridized carbons (Fsp3) is 0.867. The zero-order chi connectivity index (χ0) is 17.2. The summed E-state index contributed by atoms with van der Waals surface area (Å²) in [6, 6.07) is 0. The number of ether oxygens (including phenoxy) is 2. The molecule has 2 unspecified atom stereocenters. The first-order chi connectivity index (χ1) is 10.6. The predicted molar refractivity (Wildman–Crippen MR) is 93.7 cm³/mol. The van der Waals surface area contributed by atoms with Crippen molar-refractivity contribution >= 4 is 22.9 Å². The molecule has 1 fully saturated rings. The van der Waals surface area contributed by atoms with Gasteiger partial charge in [0.15, 0.2) is 17.7 Å². The van der Waals surface area contributed by atoms with Crippen molar-refractivity contribution in [3.63, 3.8) is 0 Å². The third-order valence-corrected chi connectivity index (χ3v) is 3.61. The molecule has 1 aliphatic heterocycles. The molecule has 0 radical (unpaired) electrons. The summed E-state index contributed by atoms with van der Waals surface area (Å²) in [5, 5.41) is 4.60. The van der Waals surface area contributed by atoms with Crippen LogP contribution in [0.5, 0.6) is 0 Å². The van der Waals surface area contributed by atoms with Crippen LogP contribution in [-0.4, -0.2) is 25.1 Å². The van der Waals surface area contributed by atoms with Crippen LogP contribution in [-0.2, 0) is 24.3 Å². The highest BCUT2D eigenvalue weighted by Gasteiger charge is 2.46. The van der Waals surface area contributed by atoms with Crippen LogP contribution in [0, 0.1) is 0 Å². The van der Waals surface area contributed by atoms with E-state index < -0.39 is 5.79 Å². The van der Waals surface area contributed by atoms with Crippen molar-refractivity contribution in [2.45, 2.75) is 78.8 Å². The molecule has 1 saturated heterocycles. The maximum absolute atomic E-state index is 5.89. The van der Waals surface area contributed by atoms with E-state index in [4.69, 9.17) is 14.4 Å². The molecule has 2 rings (SSSR count). The van der Waals surface area contributed by atoms with Crippen LogP contribution in [0.15, 0.2) is 11.5 Å². The minimum absolute atomic E-state index is 0.0160. The second-order valence-electron chi connectivity index (χ2n) is 4.74. The lowest BCUT2D eigenvalue weighted by Crippen LogP contribution is -2.27. The van der Waals surface area contributed by atoms with E-state index in [-0.39, 0.29) is 12.2 Å². The first kappa shape index (κ1) is 21.9. The summed E-state index contributed by atoms with van der Waals surface area (Å²) in [6.45, 7) is 11.8. The van der Waals surface area contributed by atoms with Crippen LogP contribution in [0.1, 0.15) is 60.8 Å². The van der Waals surface area contributed by atoms with Crippen molar-refractivity contribution in [2.75, 3.05) is 7.11 Å².